The Kier molecular flexibility index (Phi) is 6.34. The van der Waals surface area contributed by atoms with Crippen molar-refractivity contribution in [2.75, 3.05) is 46.4 Å². The lowest BCUT2D eigenvalue weighted by atomic mass is 10.0. The fourth-order valence-electron chi connectivity index (χ4n) is 3.82. The zero-order chi connectivity index (χ0) is 17.6. The second-order valence-electron chi connectivity index (χ2n) is 6.98. The minimum atomic E-state index is -0.0155. The Morgan fingerprint density at radius 2 is 2.12 bits per heavy atom. The molecular weight excluding hydrogens is 318 g/mol. The highest BCUT2D eigenvalue weighted by molar-refractivity contribution is 5.78. The smallest absolute Gasteiger partial charge is 0.225 e. The van der Waals surface area contributed by atoms with Crippen molar-refractivity contribution in [2.24, 2.45) is 5.92 Å². The van der Waals surface area contributed by atoms with Gasteiger partial charge in [0, 0.05) is 65.2 Å². The van der Waals surface area contributed by atoms with Gasteiger partial charge in [0.05, 0.1) is 11.6 Å². The lowest BCUT2D eigenvalue weighted by molar-refractivity contribution is -0.125. The van der Waals surface area contributed by atoms with E-state index >= 15 is 0 Å². The lowest BCUT2D eigenvalue weighted by Crippen LogP contribution is -2.45. The Hall–Kier alpha value is -1.57. The quantitative estimate of drug-likeness (QED) is 0.852. The highest BCUT2D eigenvalue weighted by atomic mass is 16.5. The van der Waals surface area contributed by atoms with Crippen molar-refractivity contribution in [3.05, 3.63) is 23.8 Å². The average Bonchev–Trinajstić information content (AvgIpc) is 2.85. The van der Waals surface area contributed by atoms with Crippen LogP contribution in [-0.2, 0) is 16.1 Å². The number of ether oxygens (including phenoxy) is 1. The first kappa shape index (κ1) is 18.2. The second kappa shape index (κ2) is 8.69. The summed E-state index contributed by atoms with van der Waals surface area (Å²) in [4.78, 5) is 25.9. The largest absolute Gasteiger partial charge is 0.381 e. The fraction of sp³-hybridized carbons (Fsp3) is 0.722. The maximum Gasteiger partial charge on any atom is 0.225 e. The molecular formula is C18H29N5O2. The molecule has 2 aliphatic heterocycles. The van der Waals surface area contributed by atoms with Crippen molar-refractivity contribution in [3.8, 4) is 0 Å². The molecule has 1 N–H and O–H groups in total. The molecule has 0 saturated carbocycles. The van der Waals surface area contributed by atoms with Crippen molar-refractivity contribution in [1.82, 2.24) is 25.1 Å². The van der Waals surface area contributed by atoms with Crippen LogP contribution in [0.1, 0.15) is 24.4 Å². The number of nitrogens with zero attached hydrogens (tertiary/aromatic N) is 4. The third-order valence-electron chi connectivity index (χ3n) is 5.18. The van der Waals surface area contributed by atoms with Gasteiger partial charge in [-0.15, -0.1) is 0 Å². The van der Waals surface area contributed by atoms with Gasteiger partial charge in [-0.3, -0.25) is 14.6 Å². The number of hydrogen-bond acceptors (Lipinski definition) is 6. The summed E-state index contributed by atoms with van der Waals surface area (Å²) in [6, 6.07) is 2.49. The molecule has 25 heavy (non-hydrogen) atoms. The molecule has 0 aromatic carbocycles. The Morgan fingerprint density at radius 1 is 1.32 bits per heavy atom. The number of nitrogens with one attached hydrogen (secondary N) is 1. The molecule has 3 rings (SSSR count). The van der Waals surface area contributed by atoms with Crippen molar-refractivity contribution in [3.63, 3.8) is 0 Å². The van der Waals surface area contributed by atoms with Crippen molar-refractivity contribution >= 4 is 5.91 Å². The molecule has 7 nitrogen and oxygen atoms in total. The molecule has 1 amide bonds. The van der Waals surface area contributed by atoms with E-state index in [9.17, 15) is 4.79 Å². The van der Waals surface area contributed by atoms with Crippen LogP contribution in [0.2, 0.25) is 0 Å². The monoisotopic (exact) mass is 347 g/mol. The van der Waals surface area contributed by atoms with Crippen molar-refractivity contribution < 1.29 is 9.53 Å². The minimum absolute atomic E-state index is 0.0155. The van der Waals surface area contributed by atoms with Gasteiger partial charge in [-0.2, -0.15) is 0 Å². The van der Waals surface area contributed by atoms with Gasteiger partial charge in [-0.1, -0.05) is 0 Å². The molecule has 1 aromatic heterocycles. The van der Waals surface area contributed by atoms with Crippen molar-refractivity contribution in [1.29, 1.82) is 0 Å². The predicted octanol–water partition coefficient (Wildman–Crippen LogP) is 0.444. The zero-order valence-corrected chi connectivity index (χ0v) is 15.3. The molecule has 2 saturated heterocycles. The van der Waals surface area contributed by atoms with Crippen LogP contribution in [0.4, 0.5) is 0 Å². The summed E-state index contributed by atoms with van der Waals surface area (Å²) in [6.45, 7) is 7.86. The van der Waals surface area contributed by atoms with Gasteiger partial charge < -0.3 is 10.1 Å². The molecule has 2 aliphatic rings. The van der Waals surface area contributed by atoms with Crippen LogP contribution in [0.25, 0.3) is 0 Å². The van der Waals surface area contributed by atoms with E-state index < -0.39 is 0 Å². The maximum absolute atomic E-state index is 12.4. The van der Waals surface area contributed by atoms with Crippen LogP contribution in [0.3, 0.4) is 0 Å². The highest BCUT2D eigenvalue weighted by Gasteiger charge is 2.31. The van der Waals surface area contributed by atoms with E-state index in [2.05, 4.69) is 25.1 Å². The maximum atomic E-state index is 12.4. The van der Waals surface area contributed by atoms with E-state index in [0.717, 1.165) is 70.3 Å². The Balaban J connectivity index is 1.69. The van der Waals surface area contributed by atoms with E-state index in [0.29, 0.717) is 6.04 Å². The summed E-state index contributed by atoms with van der Waals surface area (Å²) < 4.78 is 5.50. The van der Waals surface area contributed by atoms with Crippen LogP contribution < -0.4 is 5.32 Å². The number of carbonyl (C=O) groups is 1. The summed E-state index contributed by atoms with van der Waals surface area (Å²) in [5.74, 6) is 0.903. The average molecular weight is 347 g/mol. The van der Waals surface area contributed by atoms with Gasteiger partial charge in [-0.05, 0) is 25.8 Å². The topological polar surface area (TPSA) is 70.6 Å². The van der Waals surface area contributed by atoms with E-state index in [1.807, 2.05) is 13.0 Å². The Labute approximate surface area is 149 Å². The third kappa shape index (κ3) is 4.96. The molecule has 0 unspecified atom stereocenters. The number of rotatable bonds is 4. The molecule has 1 atom stereocenters. The van der Waals surface area contributed by atoms with Gasteiger partial charge in [0.15, 0.2) is 0 Å². The number of amides is 1. The van der Waals surface area contributed by atoms with Gasteiger partial charge >= 0.3 is 0 Å². The third-order valence-corrected chi connectivity index (χ3v) is 5.18. The lowest BCUT2D eigenvalue weighted by Gasteiger charge is -2.34. The fourth-order valence-corrected chi connectivity index (χ4v) is 3.82. The van der Waals surface area contributed by atoms with Crippen molar-refractivity contribution in [2.45, 2.75) is 32.4 Å². The Morgan fingerprint density at radius 3 is 2.84 bits per heavy atom. The van der Waals surface area contributed by atoms with E-state index in [1.54, 1.807) is 13.2 Å². The molecule has 0 radical (unpaired) electrons. The van der Waals surface area contributed by atoms with E-state index in [4.69, 9.17) is 4.74 Å². The van der Waals surface area contributed by atoms with Crippen LogP contribution >= 0.6 is 0 Å². The first-order valence-corrected chi connectivity index (χ1v) is 9.20. The number of aryl methyl sites for hydroxylation is 1. The van der Waals surface area contributed by atoms with Crippen LogP contribution in [0.15, 0.2) is 12.3 Å². The molecule has 0 aliphatic carbocycles. The first-order valence-electron chi connectivity index (χ1n) is 9.20. The Bertz CT molecular complexity index is 576. The molecule has 138 valence electrons. The van der Waals surface area contributed by atoms with E-state index in [-0.39, 0.29) is 11.8 Å². The molecule has 0 bridgehead atoms. The minimum Gasteiger partial charge on any atom is -0.381 e. The van der Waals surface area contributed by atoms with Gasteiger partial charge in [0.2, 0.25) is 5.91 Å². The number of aromatic nitrogens is 2. The van der Waals surface area contributed by atoms with Crippen LogP contribution in [0, 0.1) is 12.8 Å². The second-order valence-corrected chi connectivity index (χ2v) is 6.98. The molecule has 1 aromatic rings. The summed E-state index contributed by atoms with van der Waals surface area (Å²) in [5, 5.41) is 2.84. The van der Waals surface area contributed by atoms with E-state index in [1.165, 1.54) is 0 Å². The first-order chi connectivity index (χ1) is 12.2. The van der Waals surface area contributed by atoms with Gasteiger partial charge in [0.1, 0.15) is 5.82 Å². The summed E-state index contributed by atoms with van der Waals surface area (Å²) in [7, 11) is 1.73. The SMILES string of the molecule is CNC(=O)[C@H]1CN(Cc2ccnc(C)n2)CCN(C2CCOCC2)C1. The molecule has 7 heteroatoms. The normalized spacial score (nSPS) is 24.0. The predicted molar refractivity (Wildman–Crippen MR) is 95.0 cm³/mol. The zero-order valence-electron chi connectivity index (χ0n) is 15.3. The standard InChI is InChI=1S/C18H29N5O2/c1-14-20-6-3-16(21-14)13-22-7-8-23(17-4-9-25-10-5-17)12-15(11-22)18(24)19-2/h3,6,15,17H,4-5,7-13H2,1-2H3,(H,19,24)/t15-/m0/s1. The number of carbonyl (C=O) groups excluding carboxylic acids is 1. The summed E-state index contributed by atoms with van der Waals surface area (Å²) in [6.07, 6.45) is 3.93. The summed E-state index contributed by atoms with van der Waals surface area (Å²) in [5.41, 5.74) is 1.02. The molecule has 2 fully saturated rings. The van der Waals surface area contributed by atoms with Crippen LogP contribution in [0.5, 0.6) is 0 Å². The van der Waals surface area contributed by atoms with Crippen LogP contribution in [-0.4, -0.2) is 78.2 Å². The summed E-state index contributed by atoms with van der Waals surface area (Å²) >= 11 is 0. The van der Waals surface area contributed by atoms with Gasteiger partial charge in [-0.25, -0.2) is 9.97 Å². The van der Waals surface area contributed by atoms with Gasteiger partial charge in [0.25, 0.3) is 0 Å². The number of hydrogen-bond donors (Lipinski definition) is 1. The molecule has 0 spiro atoms. The highest BCUT2D eigenvalue weighted by Crippen LogP contribution is 2.20. The molecule has 3 heterocycles.